The molecule has 0 aromatic heterocycles. The number of amides is 1. The normalized spacial score (nSPS) is 16.7. The molecule has 1 amide bonds. The fourth-order valence-electron chi connectivity index (χ4n) is 2.93. The molecule has 0 unspecified atom stereocenters. The Bertz CT molecular complexity index is 660. The average molecular weight is 347 g/mol. The first-order valence-corrected chi connectivity index (χ1v) is 11.8. The van der Waals surface area contributed by atoms with Crippen molar-refractivity contribution in [3.8, 4) is 0 Å². The van der Waals surface area contributed by atoms with Gasteiger partial charge in [-0.1, -0.05) is 70.6 Å². The highest BCUT2D eigenvalue weighted by molar-refractivity contribution is 6.90. The maximum atomic E-state index is 13.3. The van der Waals surface area contributed by atoms with Crippen molar-refractivity contribution in [1.29, 1.82) is 0 Å². The minimum atomic E-state index is -2.08. The van der Waals surface area contributed by atoms with E-state index in [0.717, 1.165) is 24.1 Å². The summed E-state index contributed by atoms with van der Waals surface area (Å²) in [6, 6.07) is 6.16. The number of nitrogens with zero attached hydrogens (tertiary/aromatic N) is 2. The third-order valence-corrected chi connectivity index (χ3v) is 10.4. The van der Waals surface area contributed by atoms with Crippen LogP contribution in [0.15, 0.2) is 23.4 Å². The maximum Gasteiger partial charge on any atom is 0.273 e. The molecule has 2 rings (SSSR count). The quantitative estimate of drug-likeness (QED) is 0.571. The first kappa shape index (κ1) is 18.7. The average Bonchev–Trinajstić information content (AvgIpc) is 2.77. The number of carbonyl (C=O) groups excluding carboxylic acids is 1. The molecule has 0 radical (unpaired) electrons. The second-order valence-corrected chi connectivity index (χ2v) is 12.9. The van der Waals surface area contributed by atoms with E-state index in [9.17, 15) is 4.79 Å². The van der Waals surface area contributed by atoms with Crippen LogP contribution in [0, 0.1) is 0 Å². The summed E-state index contributed by atoms with van der Waals surface area (Å²) in [6.07, 6.45) is 2.01. The third-order valence-electron chi connectivity index (χ3n) is 5.20. The topological polar surface area (TPSA) is 41.9 Å². The molecule has 24 heavy (non-hydrogen) atoms. The Morgan fingerprint density at radius 3 is 2.42 bits per heavy atom. The van der Waals surface area contributed by atoms with Crippen LogP contribution in [0.5, 0.6) is 0 Å². The molecule has 1 aromatic rings. The van der Waals surface area contributed by atoms with Crippen molar-refractivity contribution in [2.75, 3.05) is 11.2 Å². The highest BCUT2D eigenvalue weighted by Crippen LogP contribution is 2.45. The number of hydrogen-bond donors (Lipinski definition) is 0. The van der Waals surface area contributed by atoms with E-state index in [-0.39, 0.29) is 10.9 Å². The van der Waals surface area contributed by atoms with Crippen LogP contribution in [0.3, 0.4) is 0 Å². The summed E-state index contributed by atoms with van der Waals surface area (Å²) in [5.41, 5.74) is 3.67. The Hall–Kier alpha value is -1.62. The van der Waals surface area contributed by atoms with Crippen LogP contribution < -0.4 is 4.57 Å². The molecule has 0 saturated heterocycles. The van der Waals surface area contributed by atoms with Crippen molar-refractivity contribution >= 4 is 25.5 Å². The molecular formula is C19H30N2O2Si. The summed E-state index contributed by atoms with van der Waals surface area (Å²) in [4.78, 5) is 18.5. The Labute approximate surface area is 147 Å². The third kappa shape index (κ3) is 3.01. The van der Waals surface area contributed by atoms with Crippen molar-refractivity contribution in [2.24, 2.45) is 5.16 Å². The molecule has 0 saturated carbocycles. The fourth-order valence-corrected chi connectivity index (χ4v) is 5.03. The molecule has 132 valence electrons. The molecule has 0 bridgehead atoms. The standard InChI is InChI=1S/C19H30N2O2Si/c1-8-11-14-12-10-13-15-16(20-23-9-2)18(22)21(17(14)15)24(6,7)19(3,4)5/h10,12-13H,8-9,11H2,1-7H3/b20-16-. The highest BCUT2D eigenvalue weighted by atomic mass is 28.3. The summed E-state index contributed by atoms with van der Waals surface area (Å²) in [5, 5.41) is 4.21. The van der Waals surface area contributed by atoms with Crippen LogP contribution in [-0.2, 0) is 16.1 Å². The van der Waals surface area contributed by atoms with Gasteiger partial charge in [0.15, 0.2) is 13.9 Å². The lowest BCUT2D eigenvalue weighted by molar-refractivity contribution is -0.111. The monoisotopic (exact) mass is 346 g/mol. The van der Waals surface area contributed by atoms with Gasteiger partial charge >= 0.3 is 0 Å². The number of aryl methyl sites for hydroxylation is 1. The van der Waals surface area contributed by atoms with Gasteiger partial charge in [-0.25, -0.2) is 0 Å². The van der Waals surface area contributed by atoms with Gasteiger partial charge in [0.2, 0.25) is 0 Å². The molecule has 1 aliphatic heterocycles. The zero-order chi connectivity index (χ0) is 18.1. The minimum Gasteiger partial charge on any atom is -0.395 e. The lowest BCUT2D eigenvalue weighted by Crippen LogP contribution is -2.57. The first-order valence-electron chi connectivity index (χ1n) is 8.83. The fraction of sp³-hybridized carbons (Fsp3) is 0.579. The van der Waals surface area contributed by atoms with Crippen LogP contribution in [0.2, 0.25) is 18.1 Å². The second-order valence-electron chi connectivity index (χ2n) is 7.87. The summed E-state index contributed by atoms with van der Waals surface area (Å²) >= 11 is 0. The van der Waals surface area contributed by atoms with E-state index in [0.29, 0.717) is 12.3 Å². The lowest BCUT2D eigenvalue weighted by atomic mass is 10.0. The Morgan fingerprint density at radius 1 is 1.21 bits per heavy atom. The zero-order valence-corrected chi connectivity index (χ0v) is 17.1. The van der Waals surface area contributed by atoms with E-state index >= 15 is 0 Å². The van der Waals surface area contributed by atoms with Gasteiger partial charge in [0, 0.05) is 11.3 Å². The van der Waals surface area contributed by atoms with Crippen molar-refractivity contribution in [3.63, 3.8) is 0 Å². The molecule has 0 N–H and O–H groups in total. The number of oxime groups is 1. The molecule has 5 heteroatoms. The van der Waals surface area contributed by atoms with E-state index in [1.807, 2.05) is 19.1 Å². The van der Waals surface area contributed by atoms with Gasteiger partial charge in [0.1, 0.15) is 6.61 Å². The number of para-hydroxylation sites is 1. The summed E-state index contributed by atoms with van der Waals surface area (Å²) in [5.74, 6) is -0.00593. The predicted octanol–water partition coefficient (Wildman–Crippen LogP) is 4.73. The van der Waals surface area contributed by atoms with Crippen LogP contribution in [-0.4, -0.2) is 26.5 Å². The van der Waals surface area contributed by atoms with Gasteiger partial charge in [0.05, 0.1) is 0 Å². The molecule has 0 atom stereocenters. The zero-order valence-electron chi connectivity index (χ0n) is 16.1. The number of rotatable bonds is 5. The number of anilines is 1. The summed E-state index contributed by atoms with van der Waals surface area (Å²) in [6.45, 7) is 15.7. The molecule has 1 heterocycles. The van der Waals surface area contributed by atoms with Gasteiger partial charge in [-0.05, 0) is 23.9 Å². The molecule has 0 fully saturated rings. The van der Waals surface area contributed by atoms with Crippen molar-refractivity contribution < 1.29 is 9.63 Å². The van der Waals surface area contributed by atoms with E-state index in [2.05, 4.69) is 56.6 Å². The lowest BCUT2D eigenvalue weighted by Gasteiger charge is -2.44. The number of hydrogen-bond acceptors (Lipinski definition) is 3. The van der Waals surface area contributed by atoms with E-state index < -0.39 is 8.24 Å². The molecule has 0 spiro atoms. The van der Waals surface area contributed by atoms with Crippen LogP contribution in [0.4, 0.5) is 5.69 Å². The summed E-state index contributed by atoms with van der Waals surface area (Å²) in [7, 11) is -2.08. The van der Waals surface area contributed by atoms with Gasteiger partial charge in [-0.15, -0.1) is 0 Å². The number of fused-ring (bicyclic) bond motifs is 1. The van der Waals surface area contributed by atoms with Crippen LogP contribution in [0.25, 0.3) is 0 Å². The number of benzene rings is 1. The first-order chi connectivity index (χ1) is 11.2. The van der Waals surface area contributed by atoms with Gasteiger partial charge in [-0.3, -0.25) is 4.79 Å². The molecule has 0 aliphatic carbocycles. The highest BCUT2D eigenvalue weighted by Gasteiger charge is 2.50. The second kappa shape index (κ2) is 6.71. The molecule has 1 aliphatic rings. The molecule has 1 aromatic carbocycles. The molecular weight excluding hydrogens is 316 g/mol. The van der Waals surface area contributed by atoms with E-state index in [1.54, 1.807) is 0 Å². The van der Waals surface area contributed by atoms with Crippen LogP contribution >= 0.6 is 0 Å². The Balaban J connectivity index is 2.70. The van der Waals surface area contributed by atoms with E-state index in [4.69, 9.17) is 4.84 Å². The van der Waals surface area contributed by atoms with Crippen molar-refractivity contribution in [2.45, 2.75) is 65.6 Å². The Morgan fingerprint density at radius 2 is 1.88 bits per heavy atom. The summed E-state index contributed by atoms with van der Waals surface area (Å²) < 4.78 is 2.07. The van der Waals surface area contributed by atoms with Gasteiger partial charge in [-0.2, -0.15) is 0 Å². The van der Waals surface area contributed by atoms with Crippen molar-refractivity contribution in [1.82, 2.24) is 0 Å². The van der Waals surface area contributed by atoms with Crippen molar-refractivity contribution in [3.05, 3.63) is 29.3 Å². The maximum absolute atomic E-state index is 13.3. The smallest absolute Gasteiger partial charge is 0.273 e. The SMILES string of the molecule is CCCc1cccc2c1N([Si](C)(C)C(C)(C)C)C(=O)/C2=N\OCC. The Kier molecular flexibility index (Phi) is 5.23. The van der Waals surface area contributed by atoms with E-state index in [1.165, 1.54) is 5.56 Å². The van der Waals surface area contributed by atoms with Gasteiger partial charge in [0.25, 0.3) is 5.91 Å². The predicted molar refractivity (Wildman–Crippen MR) is 103 cm³/mol. The van der Waals surface area contributed by atoms with Gasteiger partial charge < -0.3 is 9.40 Å². The number of carbonyl (C=O) groups is 1. The minimum absolute atomic E-state index is 0.00593. The largest absolute Gasteiger partial charge is 0.395 e. The molecule has 4 nitrogen and oxygen atoms in total. The van der Waals surface area contributed by atoms with Crippen LogP contribution in [0.1, 0.15) is 52.2 Å².